The number of allylic oxidation sites excluding steroid dienone is 2. The van der Waals surface area contributed by atoms with Gasteiger partial charge in [-0.3, -0.25) is 10.1 Å². The zero-order valence-corrected chi connectivity index (χ0v) is 12.9. The average molecular weight is 306 g/mol. The van der Waals surface area contributed by atoms with Gasteiger partial charge in [0.1, 0.15) is 0 Å². The second kappa shape index (κ2) is 5.23. The van der Waals surface area contributed by atoms with Gasteiger partial charge in [0.05, 0.1) is 11.0 Å². The highest BCUT2D eigenvalue weighted by atomic mass is 16.6. The number of nitrogens with zero attached hydrogens (tertiary/aromatic N) is 1. The van der Waals surface area contributed by atoms with Crippen LogP contribution in [0.25, 0.3) is 0 Å². The SMILES string of the molecule is Cc1ccc2c(c1)N[C@@H](c1ccc([N+](=O)[O-])cc1)[C@H]1CC=C[C@@H]21. The number of anilines is 1. The number of hydrogen-bond acceptors (Lipinski definition) is 3. The average Bonchev–Trinajstić information content (AvgIpc) is 3.03. The van der Waals surface area contributed by atoms with Crippen LogP contribution in [0, 0.1) is 23.0 Å². The largest absolute Gasteiger partial charge is 0.378 e. The molecule has 0 unspecified atom stereocenters. The Hall–Kier alpha value is -2.62. The molecule has 0 bridgehead atoms. The minimum Gasteiger partial charge on any atom is -0.378 e. The summed E-state index contributed by atoms with van der Waals surface area (Å²) >= 11 is 0. The second-order valence-corrected chi connectivity index (χ2v) is 6.41. The molecule has 23 heavy (non-hydrogen) atoms. The summed E-state index contributed by atoms with van der Waals surface area (Å²) in [6.45, 7) is 2.10. The van der Waals surface area contributed by atoms with Crippen molar-refractivity contribution in [3.05, 3.63) is 81.4 Å². The maximum Gasteiger partial charge on any atom is 0.269 e. The van der Waals surface area contributed by atoms with Gasteiger partial charge in [-0.1, -0.05) is 36.4 Å². The molecule has 0 saturated heterocycles. The van der Waals surface area contributed by atoms with E-state index in [1.807, 2.05) is 12.1 Å². The maximum atomic E-state index is 10.9. The van der Waals surface area contributed by atoms with Crippen molar-refractivity contribution in [2.45, 2.75) is 25.3 Å². The summed E-state index contributed by atoms with van der Waals surface area (Å²) in [7, 11) is 0. The summed E-state index contributed by atoms with van der Waals surface area (Å²) < 4.78 is 0. The second-order valence-electron chi connectivity index (χ2n) is 6.41. The van der Waals surface area contributed by atoms with Gasteiger partial charge in [-0.15, -0.1) is 0 Å². The molecule has 0 spiro atoms. The van der Waals surface area contributed by atoms with Crippen molar-refractivity contribution in [1.82, 2.24) is 0 Å². The summed E-state index contributed by atoms with van der Waals surface area (Å²) in [6, 6.07) is 13.7. The third kappa shape index (κ3) is 2.31. The number of rotatable bonds is 2. The van der Waals surface area contributed by atoms with Crippen LogP contribution < -0.4 is 5.32 Å². The monoisotopic (exact) mass is 306 g/mol. The van der Waals surface area contributed by atoms with Gasteiger partial charge in [-0.05, 0) is 42.0 Å². The van der Waals surface area contributed by atoms with Crippen LogP contribution in [-0.2, 0) is 0 Å². The number of benzene rings is 2. The first-order valence-corrected chi connectivity index (χ1v) is 7.91. The Kier molecular flexibility index (Phi) is 3.18. The lowest BCUT2D eigenvalue weighted by atomic mass is 9.77. The van der Waals surface area contributed by atoms with E-state index < -0.39 is 0 Å². The molecule has 1 aliphatic heterocycles. The molecule has 1 heterocycles. The lowest BCUT2D eigenvalue weighted by molar-refractivity contribution is -0.384. The van der Waals surface area contributed by atoms with E-state index in [2.05, 4.69) is 42.6 Å². The zero-order chi connectivity index (χ0) is 16.0. The standard InChI is InChI=1S/C19H18N2O2/c1-12-5-10-16-15-3-2-4-17(15)19(20-18(16)11-12)13-6-8-14(9-7-13)21(22)23/h2-3,5-11,15,17,19-20H,4H2,1H3/t15-,17-,19-/m0/s1. The molecule has 116 valence electrons. The van der Waals surface area contributed by atoms with Crippen LogP contribution >= 0.6 is 0 Å². The van der Waals surface area contributed by atoms with Crippen LogP contribution in [0.3, 0.4) is 0 Å². The topological polar surface area (TPSA) is 55.2 Å². The number of nitrogens with one attached hydrogen (secondary N) is 1. The van der Waals surface area contributed by atoms with E-state index in [-0.39, 0.29) is 16.7 Å². The molecule has 0 amide bonds. The first kappa shape index (κ1) is 14.0. The van der Waals surface area contributed by atoms with E-state index in [1.165, 1.54) is 16.8 Å². The van der Waals surface area contributed by atoms with E-state index >= 15 is 0 Å². The smallest absolute Gasteiger partial charge is 0.269 e. The number of hydrogen-bond donors (Lipinski definition) is 1. The predicted molar refractivity (Wildman–Crippen MR) is 90.6 cm³/mol. The first-order chi connectivity index (χ1) is 11.1. The lowest BCUT2D eigenvalue weighted by Gasteiger charge is -2.37. The molecule has 2 aromatic rings. The molecule has 0 radical (unpaired) electrons. The Morgan fingerprint density at radius 3 is 2.70 bits per heavy atom. The fourth-order valence-electron chi connectivity index (χ4n) is 3.84. The Balaban J connectivity index is 1.73. The van der Waals surface area contributed by atoms with Gasteiger partial charge in [-0.25, -0.2) is 0 Å². The molecule has 2 aromatic carbocycles. The highest BCUT2D eigenvalue weighted by molar-refractivity contribution is 5.61. The Labute approximate surface area is 135 Å². The van der Waals surface area contributed by atoms with E-state index in [1.54, 1.807) is 12.1 Å². The van der Waals surface area contributed by atoms with E-state index in [9.17, 15) is 10.1 Å². The van der Waals surface area contributed by atoms with Crippen molar-refractivity contribution in [2.75, 3.05) is 5.32 Å². The number of fused-ring (bicyclic) bond motifs is 3. The molecule has 0 aromatic heterocycles. The van der Waals surface area contributed by atoms with Gasteiger partial charge in [0.25, 0.3) is 5.69 Å². The fraction of sp³-hybridized carbons (Fsp3) is 0.263. The summed E-state index contributed by atoms with van der Waals surface area (Å²) in [5, 5.41) is 14.5. The third-order valence-corrected chi connectivity index (χ3v) is 4.98. The van der Waals surface area contributed by atoms with Crippen molar-refractivity contribution < 1.29 is 4.92 Å². The Morgan fingerprint density at radius 1 is 1.17 bits per heavy atom. The Bertz CT molecular complexity index is 796. The van der Waals surface area contributed by atoms with Gasteiger partial charge < -0.3 is 5.32 Å². The van der Waals surface area contributed by atoms with Gasteiger partial charge >= 0.3 is 0 Å². The molecule has 4 rings (SSSR count). The van der Waals surface area contributed by atoms with Crippen molar-refractivity contribution in [2.24, 2.45) is 5.92 Å². The molecule has 1 N–H and O–H groups in total. The number of non-ortho nitro benzene ring substituents is 1. The zero-order valence-electron chi connectivity index (χ0n) is 12.9. The quantitative estimate of drug-likeness (QED) is 0.496. The summed E-state index contributed by atoms with van der Waals surface area (Å²) in [5.74, 6) is 0.888. The molecule has 0 saturated carbocycles. The fourth-order valence-corrected chi connectivity index (χ4v) is 3.84. The van der Waals surface area contributed by atoms with Crippen molar-refractivity contribution in [3.63, 3.8) is 0 Å². The third-order valence-electron chi connectivity index (χ3n) is 4.98. The highest BCUT2D eigenvalue weighted by Crippen LogP contribution is 2.49. The molecule has 2 aliphatic rings. The summed E-state index contributed by atoms with van der Waals surface area (Å²) in [6.07, 6.45) is 5.59. The molecule has 4 heteroatoms. The van der Waals surface area contributed by atoms with Crippen molar-refractivity contribution in [1.29, 1.82) is 0 Å². The molecular weight excluding hydrogens is 288 g/mol. The molecule has 4 nitrogen and oxygen atoms in total. The molecule has 3 atom stereocenters. The predicted octanol–water partition coefficient (Wildman–Crippen LogP) is 4.73. The van der Waals surface area contributed by atoms with Gasteiger partial charge in [-0.2, -0.15) is 0 Å². The maximum absolute atomic E-state index is 10.9. The minimum atomic E-state index is -0.351. The van der Waals surface area contributed by atoms with Gasteiger partial charge in [0.15, 0.2) is 0 Å². The minimum absolute atomic E-state index is 0.141. The van der Waals surface area contributed by atoms with Crippen molar-refractivity contribution in [3.8, 4) is 0 Å². The first-order valence-electron chi connectivity index (χ1n) is 7.91. The van der Waals surface area contributed by atoms with Crippen LogP contribution in [0.1, 0.15) is 35.1 Å². The molecule has 1 aliphatic carbocycles. The van der Waals surface area contributed by atoms with Crippen LogP contribution in [0.4, 0.5) is 11.4 Å². The normalized spacial score (nSPS) is 24.7. The van der Waals surface area contributed by atoms with Crippen LogP contribution in [0.2, 0.25) is 0 Å². The summed E-state index contributed by atoms with van der Waals surface area (Å²) in [4.78, 5) is 10.5. The number of nitro benzene ring substituents is 1. The Morgan fingerprint density at radius 2 is 1.96 bits per heavy atom. The molecule has 0 fully saturated rings. The van der Waals surface area contributed by atoms with E-state index in [0.717, 1.165) is 12.0 Å². The van der Waals surface area contributed by atoms with Gasteiger partial charge in [0.2, 0.25) is 0 Å². The van der Waals surface area contributed by atoms with Crippen LogP contribution in [0.5, 0.6) is 0 Å². The number of nitro groups is 1. The lowest BCUT2D eigenvalue weighted by Crippen LogP contribution is -2.29. The van der Waals surface area contributed by atoms with Crippen LogP contribution in [-0.4, -0.2) is 4.92 Å². The van der Waals surface area contributed by atoms with Crippen molar-refractivity contribution >= 4 is 11.4 Å². The van der Waals surface area contributed by atoms with Gasteiger partial charge in [0, 0.05) is 23.7 Å². The highest BCUT2D eigenvalue weighted by Gasteiger charge is 2.37. The van der Waals surface area contributed by atoms with E-state index in [0.29, 0.717) is 11.8 Å². The van der Waals surface area contributed by atoms with Crippen LogP contribution in [0.15, 0.2) is 54.6 Å². The van der Waals surface area contributed by atoms with E-state index in [4.69, 9.17) is 0 Å². The summed E-state index contributed by atoms with van der Waals surface area (Å²) in [5.41, 5.74) is 5.02. The number of aryl methyl sites for hydroxylation is 1. The molecular formula is C19H18N2O2.